The molecule has 0 saturated carbocycles. The summed E-state index contributed by atoms with van der Waals surface area (Å²) in [4.78, 5) is 22.1. The monoisotopic (exact) mass is 627 g/mol. The van der Waals surface area contributed by atoms with Crippen LogP contribution in [0.4, 0.5) is 36.3 Å². The zero-order valence-corrected chi connectivity index (χ0v) is 23.8. The Balaban J connectivity index is 1.60. The van der Waals surface area contributed by atoms with Crippen LogP contribution in [0, 0.1) is 0 Å². The molecule has 0 bridgehead atoms. The van der Waals surface area contributed by atoms with Crippen LogP contribution in [-0.4, -0.2) is 41.0 Å². The van der Waals surface area contributed by atoms with Crippen LogP contribution >= 0.6 is 23.5 Å². The predicted octanol–water partition coefficient (Wildman–Crippen LogP) is 7.10. The van der Waals surface area contributed by atoms with Crippen molar-refractivity contribution in [1.29, 1.82) is 0 Å². The Hall–Kier alpha value is -2.99. The molecule has 1 amide bonds. The van der Waals surface area contributed by atoms with Gasteiger partial charge in [0.25, 0.3) is 5.91 Å². The molecule has 0 fully saturated rings. The summed E-state index contributed by atoms with van der Waals surface area (Å²) >= 11 is 3.40. The fourth-order valence-electron chi connectivity index (χ4n) is 4.07. The number of nitrogens with zero attached hydrogens (tertiary/aromatic N) is 3. The first-order valence-corrected chi connectivity index (χ1v) is 14.5. The molecule has 14 heteroatoms. The summed E-state index contributed by atoms with van der Waals surface area (Å²) in [6, 6.07) is 9.90. The maximum Gasteiger partial charge on any atom is 0.421 e. The molecule has 1 aliphatic rings. The van der Waals surface area contributed by atoms with Gasteiger partial charge in [-0.05, 0) is 43.7 Å². The van der Waals surface area contributed by atoms with Crippen molar-refractivity contribution in [2.75, 3.05) is 30.9 Å². The summed E-state index contributed by atoms with van der Waals surface area (Å²) in [6.45, 7) is 4.27. The molecule has 2 heterocycles. The number of rotatable bonds is 10. The molecule has 3 aromatic rings. The van der Waals surface area contributed by atoms with Gasteiger partial charge in [-0.1, -0.05) is 28.1 Å². The van der Waals surface area contributed by atoms with E-state index in [1.54, 1.807) is 51.2 Å². The summed E-state index contributed by atoms with van der Waals surface area (Å²) in [7, 11) is -1.68. The van der Waals surface area contributed by atoms with Gasteiger partial charge in [-0.2, -0.15) is 18.2 Å². The Labute approximate surface area is 231 Å². The molecule has 0 unspecified atom stereocenters. The summed E-state index contributed by atoms with van der Waals surface area (Å²) in [5.74, 6) is -0.907. The summed E-state index contributed by atoms with van der Waals surface area (Å²) < 4.78 is 65.5. The average molecular weight is 628 g/mol. The number of halogens is 4. The number of hydrogen-bond donors (Lipinski definition) is 2. The first kappa shape index (κ1) is 29.0. The minimum Gasteiger partial charge on any atom is -0.339 e. The highest BCUT2D eigenvalue weighted by atomic mass is 79.9. The zero-order chi connectivity index (χ0) is 28.4. The van der Waals surface area contributed by atoms with Crippen molar-refractivity contribution >= 4 is 52.6 Å². The van der Waals surface area contributed by atoms with Gasteiger partial charge >= 0.3 is 13.8 Å². The smallest absolute Gasteiger partial charge is 0.339 e. The lowest BCUT2D eigenvalue weighted by molar-refractivity contribution is -0.137. The molecular formula is C25H26BrF3N5O4P. The van der Waals surface area contributed by atoms with Gasteiger partial charge in [0, 0.05) is 35.5 Å². The number of aromatic nitrogens is 2. The van der Waals surface area contributed by atoms with E-state index >= 15 is 0 Å². The molecule has 39 heavy (non-hydrogen) atoms. The van der Waals surface area contributed by atoms with Crippen molar-refractivity contribution in [3.63, 3.8) is 0 Å². The first-order valence-electron chi connectivity index (χ1n) is 12.0. The maximum absolute atomic E-state index is 13.8. The molecule has 0 spiro atoms. The van der Waals surface area contributed by atoms with Crippen LogP contribution in [0.2, 0.25) is 0 Å². The standard InChI is InChI=1S/C25H26BrF3N5O4P/c1-4-37-39(36,38-5-2)14-15-6-8-16(9-7-15)31-24-30-12-18(25(27,28)29)22(33-24)32-20-11-10-19(26)17-13-34(3)23(35)21(17)20/h6-12H,4-5,13-14H2,1-3H3,(H2,30,31,32,33). The first-order chi connectivity index (χ1) is 18.4. The van der Waals surface area contributed by atoms with E-state index in [-0.39, 0.29) is 42.5 Å². The van der Waals surface area contributed by atoms with Crippen molar-refractivity contribution in [3.8, 4) is 0 Å². The molecule has 0 radical (unpaired) electrons. The molecule has 4 rings (SSSR count). The van der Waals surface area contributed by atoms with E-state index < -0.39 is 25.2 Å². The van der Waals surface area contributed by atoms with Crippen LogP contribution in [-0.2, 0) is 32.5 Å². The van der Waals surface area contributed by atoms with Crippen LogP contribution in [0.5, 0.6) is 0 Å². The van der Waals surface area contributed by atoms with Gasteiger partial charge < -0.3 is 24.6 Å². The number of carbonyl (C=O) groups is 1. The quantitative estimate of drug-likeness (QED) is 0.229. The van der Waals surface area contributed by atoms with Gasteiger partial charge in [-0.25, -0.2) is 4.98 Å². The highest BCUT2D eigenvalue weighted by Crippen LogP contribution is 2.51. The van der Waals surface area contributed by atoms with Crippen molar-refractivity contribution in [1.82, 2.24) is 14.9 Å². The molecule has 208 valence electrons. The summed E-state index contributed by atoms with van der Waals surface area (Å²) in [5.41, 5.74) is 1.26. The Morgan fingerprint density at radius 3 is 2.36 bits per heavy atom. The second-order valence-electron chi connectivity index (χ2n) is 8.61. The fraction of sp³-hybridized carbons (Fsp3) is 0.320. The Bertz CT molecular complexity index is 1410. The van der Waals surface area contributed by atoms with Gasteiger partial charge in [0.05, 0.1) is 30.6 Å². The molecule has 2 aromatic carbocycles. The number of alkyl halides is 3. The van der Waals surface area contributed by atoms with Crippen LogP contribution in [0.3, 0.4) is 0 Å². The van der Waals surface area contributed by atoms with Crippen molar-refractivity contribution in [2.45, 2.75) is 32.7 Å². The SMILES string of the molecule is CCOP(=O)(Cc1ccc(Nc2ncc(C(F)(F)F)c(Nc3ccc(Br)c4c3C(=O)N(C)C4)n2)cc1)OCC. The minimum absolute atomic E-state index is 0.0746. The Morgan fingerprint density at radius 1 is 1.08 bits per heavy atom. The van der Waals surface area contributed by atoms with Crippen LogP contribution in [0.15, 0.2) is 47.1 Å². The Kier molecular flexibility index (Phi) is 8.65. The van der Waals surface area contributed by atoms with Crippen molar-refractivity contribution in [3.05, 3.63) is 69.3 Å². The fourth-order valence-corrected chi connectivity index (χ4v) is 6.22. The van der Waals surface area contributed by atoms with E-state index in [0.717, 1.165) is 0 Å². The van der Waals surface area contributed by atoms with Gasteiger partial charge in [0.1, 0.15) is 11.4 Å². The number of hydrogen-bond acceptors (Lipinski definition) is 8. The molecule has 2 N–H and O–H groups in total. The van der Waals surface area contributed by atoms with E-state index in [4.69, 9.17) is 9.05 Å². The third kappa shape index (κ3) is 6.60. The van der Waals surface area contributed by atoms with Crippen LogP contribution in [0.25, 0.3) is 0 Å². The van der Waals surface area contributed by atoms with E-state index in [0.29, 0.717) is 34.0 Å². The molecule has 0 aliphatic carbocycles. The third-order valence-electron chi connectivity index (χ3n) is 5.80. The second kappa shape index (κ2) is 11.6. The lowest BCUT2D eigenvalue weighted by Crippen LogP contribution is -2.18. The number of amides is 1. The molecular weight excluding hydrogens is 602 g/mol. The average Bonchev–Trinajstić information content (AvgIpc) is 3.17. The molecule has 1 aliphatic heterocycles. The molecule has 0 atom stereocenters. The number of benzene rings is 2. The molecule has 1 aromatic heterocycles. The van der Waals surface area contributed by atoms with Crippen LogP contribution in [0.1, 0.15) is 40.9 Å². The van der Waals surface area contributed by atoms with Gasteiger partial charge in [0.2, 0.25) is 5.95 Å². The predicted molar refractivity (Wildman–Crippen MR) is 145 cm³/mol. The number of nitrogens with one attached hydrogen (secondary N) is 2. The highest BCUT2D eigenvalue weighted by molar-refractivity contribution is 9.10. The van der Waals surface area contributed by atoms with Crippen molar-refractivity contribution in [2.24, 2.45) is 0 Å². The van der Waals surface area contributed by atoms with Crippen LogP contribution < -0.4 is 10.6 Å². The highest BCUT2D eigenvalue weighted by Gasteiger charge is 2.36. The molecule has 0 saturated heterocycles. The largest absolute Gasteiger partial charge is 0.421 e. The lowest BCUT2D eigenvalue weighted by Gasteiger charge is -2.17. The zero-order valence-electron chi connectivity index (χ0n) is 21.3. The topological polar surface area (TPSA) is 106 Å². The van der Waals surface area contributed by atoms with E-state index in [1.165, 1.54) is 11.0 Å². The summed E-state index contributed by atoms with van der Waals surface area (Å²) in [5, 5.41) is 5.59. The molecule has 9 nitrogen and oxygen atoms in total. The maximum atomic E-state index is 13.8. The normalized spacial score (nSPS) is 13.5. The summed E-state index contributed by atoms with van der Waals surface area (Å²) in [6.07, 6.45) is -3.98. The number of anilines is 4. The second-order valence-corrected chi connectivity index (χ2v) is 11.5. The lowest BCUT2D eigenvalue weighted by atomic mass is 10.1. The number of fused-ring (bicyclic) bond motifs is 1. The van der Waals surface area contributed by atoms with E-state index in [2.05, 4.69) is 36.5 Å². The van der Waals surface area contributed by atoms with Crippen molar-refractivity contribution < 1.29 is 31.6 Å². The Morgan fingerprint density at radius 2 is 1.74 bits per heavy atom. The van der Waals surface area contributed by atoms with E-state index in [9.17, 15) is 22.5 Å². The minimum atomic E-state index is -4.74. The van der Waals surface area contributed by atoms with E-state index in [1.807, 2.05) is 0 Å². The third-order valence-corrected chi connectivity index (χ3v) is 8.60. The number of carbonyl (C=O) groups excluding carboxylic acids is 1. The van der Waals surface area contributed by atoms with Gasteiger partial charge in [0.15, 0.2) is 0 Å². The van der Waals surface area contributed by atoms with Gasteiger partial charge in [-0.15, -0.1) is 0 Å². The van der Waals surface area contributed by atoms with Gasteiger partial charge in [-0.3, -0.25) is 9.36 Å².